The van der Waals surface area contributed by atoms with Gasteiger partial charge in [0.2, 0.25) is 0 Å². The zero-order chi connectivity index (χ0) is 13.9. The van der Waals surface area contributed by atoms with Gasteiger partial charge in [-0.1, -0.05) is 25.1 Å². The zero-order valence-corrected chi connectivity index (χ0v) is 11.8. The minimum atomic E-state index is -0.152. The summed E-state index contributed by atoms with van der Waals surface area (Å²) in [6, 6.07) is 8.16. The average Bonchev–Trinajstić information content (AvgIpc) is 2.53. The summed E-state index contributed by atoms with van der Waals surface area (Å²) in [7, 11) is 0. The molecule has 0 amide bonds. The molecule has 20 heavy (non-hydrogen) atoms. The van der Waals surface area contributed by atoms with E-state index in [2.05, 4.69) is 30.1 Å². The highest BCUT2D eigenvalue weighted by Crippen LogP contribution is 2.35. The van der Waals surface area contributed by atoms with Gasteiger partial charge in [-0.2, -0.15) is 0 Å². The lowest BCUT2D eigenvalue weighted by Gasteiger charge is -2.24. The second kappa shape index (κ2) is 5.63. The van der Waals surface area contributed by atoms with Crippen molar-refractivity contribution in [1.29, 1.82) is 0 Å². The van der Waals surface area contributed by atoms with Crippen LogP contribution >= 0.6 is 0 Å². The van der Waals surface area contributed by atoms with E-state index < -0.39 is 0 Å². The molecule has 0 aliphatic carbocycles. The molecule has 0 radical (unpaired) electrons. The topological polar surface area (TPSA) is 48.1 Å². The van der Waals surface area contributed by atoms with Crippen LogP contribution in [0.25, 0.3) is 0 Å². The monoisotopic (exact) mass is 268 g/mol. The highest BCUT2D eigenvalue weighted by Gasteiger charge is 2.21. The number of aromatic nitrogens is 1. The molecule has 1 aromatic heterocycles. The Hall–Kier alpha value is -1.87. The van der Waals surface area contributed by atoms with Crippen LogP contribution in [0, 0.1) is 0 Å². The fourth-order valence-corrected chi connectivity index (χ4v) is 2.86. The molecule has 1 aliphatic rings. The van der Waals surface area contributed by atoms with Gasteiger partial charge >= 0.3 is 0 Å². The van der Waals surface area contributed by atoms with Gasteiger partial charge in [0.15, 0.2) is 0 Å². The molecule has 1 aliphatic heterocycles. The van der Waals surface area contributed by atoms with E-state index in [0.29, 0.717) is 0 Å². The zero-order valence-electron chi connectivity index (χ0n) is 11.8. The minimum absolute atomic E-state index is 0.152. The number of ether oxygens (including phenoxy) is 1. The van der Waals surface area contributed by atoms with Crippen molar-refractivity contribution < 1.29 is 4.74 Å². The predicted octanol–water partition coefficient (Wildman–Crippen LogP) is 3.02. The molecule has 0 saturated heterocycles. The van der Waals surface area contributed by atoms with Crippen molar-refractivity contribution in [2.45, 2.75) is 32.2 Å². The summed E-state index contributed by atoms with van der Waals surface area (Å²) in [6.45, 7) is 2.91. The predicted molar refractivity (Wildman–Crippen MR) is 79.9 cm³/mol. The third-order valence-corrected chi connectivity index (χ3v) is 3.96. The van der Waals surface area contributed by atoms with Crippen LogP contribution in [0.15, 0.2) is 36.7 Å². The second-order valence-corrected chi connectivity index (χ2v) is 5.19. The molecular weight excluding hydrogens is 248 g/mol. The van der Waals surface area contributed by atoms with Crippen molar-refractivity contribution in [3.63, 3.8) is 0 Å². The molecule has 3 heteroatoms. The van der Waals surface area contributed by atoms with Gasteiger partial charge in [0.25, 0.3) is 0 Å². The first kappa shape index (κ1) is 13.1. The van der Waals surface area contributed by atoms with E-state index >= 15 is 0 Å². The summed E-state index contributed by atoms with van der Waals surface area (Å²) in [5.74, 6) is 0.991. The van der Waals surface area contributed by atoms with Crippen LogP contribution in [0.1, 0.15) is 41.6 Å². The summed E-state index contributed by atoms with van der Waals surface area (Å²) < 4.78 is 5.88. The minimum Gasteiger partial charge on any atom is -0.493 e. The molecule has 1 aromatic carbocycles. The molecule has 104 valence electrons. The first-order valence-electron chi connectivity index (χ1n) is 7.24. The van der Waals surface area contributed by atoms with Crippen molar-refractivity contribution in [2.24, 2.45) is 5.73 Å². The lowest BCUT2D eigenvalue weighted by Crippen LogP contribution is -2.18. The average molecular weight is 268 g/mol. The number of hydrogen-bond donors (Lipinski definition) is 1. The molecule has 0 spiro atoms. The second-order valence-electron chi connectivity index (χ2n) is 5.19. The number of nitrogens with zero attached hydrogens (tertiary/aromatic N) is 1. The van der Waals surface area contributed by atoms with Gasteiger partial charge in [-0.15, -0.1) is 0 Å². The van der Waals surface area contributed by atoms with Crippen LogP contribution < -0.4 is 10.5 Å². The summed E-state index contributed by atoms with van der Waals surface area (Å²) in [5.41, 5.74) is 11.2. The first-order valence-corrected chi connectivity index (χ1v) is 7.24. The van der Waals surface area contributed by atoms with E-state index in [-0.39, 0.29) is 6.04 Å². The number of rotatable bonds is 3. The van der Waals surface area contributed by atoms with Crippen molar-refractivity contribution in [3.8, 4) is 5.75 Å². The number of nitrogens with two attached hydrogens (primary N) is 1. The molecule has 1 atom stereocenters. The van der Waals surface area contributed by atoms with E-state index in [1.165, 1.54) is 11.1 Å². The van der Waals surface area contributed by atoms with Crippen LogP contribution in [0.4, 0.5) is 0 Å². The Labute approximate surface area is 119 Å². The van der Waals surface area contributed by atoms with Crippen LogP contribution in [0.3, 0.4) is 0 Å². The number of pyridine rings is 1. The van der Waals surface area contributed by atoms with Crippen molar-refractivity contribution in [2.75, 3.05) is 6.61 Å². The van der Waals surface area contributed by atoms with Crippen LogP contribution in [0.5, 0.6) is 5.75 Å². The number of aryl methyl sites for hydroxylation is 2. The molecule has 2 heterocycles. The quantitative estimate of drug-likeness (QED) is 0.931. The van der Waals surface area contributed by atoms with Crippen molar-refractivity contribution in [1.82, 2.24) is 4.98 Å². The first-order chi connectivity index (χ1) is 9.81. The van der Waals surface area contributed by atoms with Crippen molar-refractivity contribution in [3.05, 3.63) is 58.9 Å². The molecule has 0 fully saturated rings. The fraction of sp³-hybridized carbons (Fsp3) is 0.353. The lowest BCUT2D eigenvalue weighted by atomic mass is 9.92. The maximum Gasteiger partial charge on any atom is 0.127 e. The van der Waals surface area contributed by atoms with E-state index in [4.69, 9.17) is 10.5 Å². The van der Waals surface area contributed by atoms with E-state index in [1.54, 1.807) is 0 Å². The largest absolute Gasteiger partial charge is 0.493 e. The molecule has 0 saturated carbocycles. The number of benzene rings is 1. The summed E-state index contributed by atoms with van der Waals surface area (Å²) in [6.07, 6.45) is 6.82. The standard InChI is InChI=1S/C17H20N2O/c1-2-12-11-19-9-8-14(12)16(18)15-7-3-5-13-6-4-10-20-17(13)15/h3,5,7-9,11,16H,2,4,6,10,18H2,1H3. The molecule has 2 N–H and O–H groups in total. The highest BCUT2D eigenvalue weighted by molar-refractivity contribution is 5.48. The number of fused-ring (bicyclic) bond motifs is 1. The van der Waals surface area contributed by atoms with Crippen molar-refractivity contribution >= 4 is 0 Å². The van der Waals surface area contributed by atoms with E-state index in [0.717, 1.165) is 42.7 Å². The molecule has 3 rings (SSSR count). The van der Waals surface area contributed by atoms with Gasteiger partial charge in [0.1, 0.15) is 5.75 Å². The van der Waals surface area contributed by atoms with Gasteiger partial charge in [-0.3, -0.25) is 4.98 Å². The number of para-hydroxylation sites is 1. The third kappa shape index (κ3) is 2.29. The van der Waals surface area contributed by atoms with E-state index in [1.807, 2.05) is 18.5 Å². The molecule has 1 unspecified atom stereocenters. The van der Waals surface area contributed by atoms with Gasteiger partial charge in [-0.05, 0) is 42.0 Å². The highest BCUT2D eigenvalue weighted by atomic mass is 16.5. The van der Waals surface area contributed by atoms with Gasteiger partial charge in [0.05, 0.1) is 12.6 Å². The lowest BCUT2D eigenvalue weighted by molar-refractivity contribution is 0.284. The number of hydrogen-bond acceptors (Lipinski definition) is 3. The molecular formula is C17H20N2O. The SMILES string of the molecule is CCc1cnccc1C(N)c1cccc2c1OCCC2. The van der Waals surface area contributed by atoms with Gasteiger partial charge < -0.3 is 10.5 Å². The summed E-state index contributed by atoms with van der Waals surface area (Å²) >= 11 is 0. The van der Waals surface area contributed by atoms with Crippen LogP contribution in [0.2, 0.25) is 0 Å². The Morgan fingerprint density at radius 1 is 1.30 bits per heavy atom. The smallest absolute Gasteiger partial charge is 0.127 e. The van der Waals surface area contributed by atoms with Crippen LogP contribution in [-0.2, 0) is 12.8 Å². The normalized spacial score (nSPS) is 15.3. The Balaban J connectivity index is 2.04. The Kier molecular flexibility index (Phi) is 3.70. The molecule has 2 aromatic rings. The van der Waals surface area contributed by atoms with Gasteiger partial charge in [0, 0.05) is 18.0 Å². The fourth-order valence-electron chi connectivity index (χ4n) is 2.86. The molecule has 3 nitrogen and oxygen atoms in total. The van der Waals surface area contributed by atoms with E-state index in [9.17, 15) is 0 Å². The third-order valence-electron chi connectivity index (χ3n) is 3.96. The van der Waals surface area contributed by atoms with Gasteiger partial charge in [-0.25, -0.2) is 0 Å². The van der Waals surface area contributed by atoms with Crippen LogP contribution in [-0.4, -0.2) is 11.6 Å². The Morgan fingerprint density at radius 3 is 3.05 bits per heavy atom. The summed E-state index contributed by atoms with van der Waals surface area (Å²) in [5, 5.41) is 0. The summed E-state index contributed by atoms with van der Waals surface area (Å²) in [4.78, 5) is 4.19. The molecule has 0 bridgehead atoms. The Morgan fingerprint density at radius 2 is 2.20 bits per heavy atom. The Bertz CT molecular complexity index is 610. The maximum absolute atomic E-state index is 6.51. The maximum atomic E-state index is 6.51.